The second-order valence-electron chi connectivity index (χ2n) is 5.22. The summed E-state index contributed by atoms with van der Waals surface area (Å²) in [5, 5.41) is 13.3. The molecule has 0 saturated carbocycles. The summed E-state index contributed by atoms with van der Waals surface area (Å²) in [4.78, 5) is 33.9. The number of fused-ring (bicyclic) bond motifs is 1. The van der Waals surface area contributed by atoms with Crippen molar-refractivity contribution in [2.24, 2.45) is 0 Å². The average Bonchev–Trinajstić information content (AvgIpc) is 2.54. The molecule has 1 atom stereocenters. The summed E-state index contributed by atoms with van der Waals surface area (Å²) in [6.45, 7) is 1.76. The smallest absolute Gasteiger partial charge is 0.354 e. The first kappa shape index (κ1) is 15.9. The second-order valence-corrected chi connectivity index (χ2v) is 5.66. The van der Waals surface area contributed by atoms with Gasteiger partial charge in [0.15, 0.2) is 5.69 Å². The number of benzene rings is 1. The van der Waals surface area contributed by atoms with E-state index in [9.17, 15) is 9.59 Å². The monoisotopic (exact) mass is 344 g/mol. The van der Waals surface area contributed by atoms with Gasteiger partial charge in [-0.25, -0.2) is 14.8 Å². The number of H-pyrrole nitrogens is 1. The number of carboxylic acids is 1. The van der Waals surface area contributed by atoms with Crippen LogP contribution >= 0.6 is 11.6 Å². The Morgan fingerprint density at radius 3 is 2.88 bits per heavy atom. The first-order valence-corrected chi connectivity index (χ1v) is 7.47. The minimum Gasteiger partial charge on any atom is -0.477 e. The number of carboxylic acid groups (broad SMARTS) is 1. The second kappa shape index (κ2) is 6.29. The van der Waals surface area contributed by atoms with Crippen LogP contribution in [0.15, 0.2) is 41.3 Å². The molecule has 1 unspecified atom stereocenters. The Morgan fingerprint density at radius 2 is 2.12 bits per heavy atom. The molecule has 1 aromatic carbocycles. The summed E-state index contributed by atoms with van der Waals surface area (Å²) >= 11 is 5.98. The maximum Gasteiger partial charge on any atom is 0.354 e. The number of aromatic carboxylic acids is 1. The van der Waals surface area contributed by atoms with Crippen LogP contribution in [0.3, 0.4) is 0 Å². The fourth-order valence-electron chi connectivity index (χ4n) is 2.33. The molecular weight excluding hydrogens is 332 g/mol. The van der Waals surface area contributed by atoms with Crippen molar-refractivity contribution in [2.75, 3.05) is 5.32 Å². The lowest BCUT2D eigenvalue weighted by Crippen LogP contribution is -2.20. The molecule has 2 aromatic heterocycles. The predicted molar refractivity (Wildman–Crippen MR) is 90.6 cm³/mol. The number of carbonyl (C=O) groups is 1. The first-order chi connectivity index (χ1) is 11.4. The van der Waals surface area contributed by atoms with Crippen molar-refractivity contribution in [1.29, 1.82) is 0 Å². The third-order valence-electron chi connectivity index (χ3n) is 3.52. The van der Waals surface area contributed by atoms with E-state index in [0.717, 1.165) is 5.39 Å². The molecule has 0 saturated heterocycles. The highest BCUT2D eigenvalue weighted by molar-refractivity contribution is 6.31. The van der Waals surface area contributed by atoms with Gasteiger partial charge < -0.3 is 15.4 Å². The highest BCUT2D eigenvalue weighted by atomic mass is 35.5. The number of aromatic nitrogens is 3. The van der Waals surface area contributed by atoms with Crippen molar-refractivity contribution >= 4 is 34.4 Å². The first-order valence-electron chi connectivity index (χ1n) is 7.09. The minimum absolute atomic E-state index is 0.126. The molecule has 7 nitrogen and oxygen atoms in total. The van der Waals surface area contributed by atoms with Crippen molar-refractivity contribution in [3.05, 3.63) is 63.2 Å². The highest BCUT2D eigenvalue weighted by Crippen LogP contribution is 2.20. The van der Waals surface area contributed by atoms with Crippen LogP contribution < -0.4 is 10.9 Å². The number of hydrogen-bond acceptors (Lipinski definition) is 5. The zero-order chi connectivity index (χ0) is 17.3. The summed E-state index contributed by atoms with van der Waals surface area (Å²) in [7, 11) is 0. The fourth-order valence-corrected chi connectivity index (χ4v) is 2.52. The molecule has 0 radical (unpaired) electrons. The van der Waals surface area contributed by atoms with Crippen LogP contribution in [0, 0.1) is 0 Å². The maximum atomic E-state index is 12.3. The van der Waals surface area contributed by atoms with Crippen molar-refractivity contribution in [3.63, 3.8) is 0 Å². The number of halogens is 1. The van der Waals surface area contributed by atoms with Crippen LogP contribution in [0.5, 0.6) is 0 Å². The molecule has 3 rings (SSSR count). The standard InChI is InChI=1S/C16H13ClN4O3/c1-8(19-16-18-5-4-13(21-16)15(23)24)11-7-9-6-10(17)2-3-12(9)20-14(11)22/h2-8H,1H3,(H,20,22)(H,23,24)(H,18,19,21). The van der Waals surface area contributed by atoms with Crippen molar-refractivity contribution in [1.82, 2.24) is 15.0 Å². The molecule has 2 heterocycles. The van der Waals surface area contributed by atoms with E-state index in [2.05, 4.69) is 20.3 Å². The zero-order valence-corrected chi connectivity index (χ0v) is 13.3. The summed E-state index contributed by atoms with van der Waals surface area (Å²) in [5.41, 5.74) is 0.775. The van der Waals surface area contributed by atoms with Gasteiger partial charge in [0.05, 0.1) is 6.04 Å². The van der Waals surface area contributed by atoms with E-state index in [1.165, 1.54) is 12.3 Å². The maximum absolute atomic E-state index is 12.3. The summed E-state index contributed by atoms with van der Waals surface area (Å²) in [5.74, 6) is -1.01. The number of hydrogen-bond donors (Lipinski definition) is 3. The Balaban J connectivity index is 1.95. The van der Waals surface area contributed by atoms with E-state index in [0.29, 0.717) is 16.1 Å². The van der Waals surface area contributed by atoms with E-state index >= 15 is 0 Å². The molecule has 0 aliphatic carbocycles. The zero-order valence-electron chi connectivity index (χ0n) is 12.6. The van der Waals surface area contributed by atoms with Gasteiger partial charge in [-0.1, -0.05) is 11.6 Å². The van der Waals surface area contributed by atoms with E-state index in [1.807, 2.05) is 0 Å². The summed E-state index contributed by atoms with van der Waals surface area (Å²) < 4.78 is 0. The summed E-state index contributed by atoms with van der Waals surface area (Å²) in [6.07, 6.45) is 1.34. The number of rotatable bonds is 4. The lowest BCUT2D eigenvalue weighted by molar-refractivity contribution is 0.0690. The third-order valence-corrected chi connectivity index (χ3v) is 3.76. The lowest BCUT2D eigenvalue weighted by Gasteiger charge is -2.14. The van der Waals surface area contributed by atoms with Crippen LogP contribution in [-0.4, -0.2) is 26.0 Å². The van der Waals surface area contributed by atoms with Gasteiger partial charge in [-0.3, -0.25) is 4.79 Å². The summed E-state index contributed by atoms with van der Waals surface area (Å²) in [6, 6.07) is 7.79. The molecule has 0 fully saturated rings. The molecule has 0 bridgehead atoms. The van der Waals surface area contributed by atoms with E-state index in [-0.39, 0.29) is 17.2 Å². The van der Waals surface area contributed by atoms with Crippen LogP contribution in [-0.2, 0) is 0 Å². The van der Waals surface area contributed by atoms with Crippen LogP contribution in [0.1, 0.15) is 29.0 Å². The van der Waals surface area contributed by atoms with Crippen molar-refractivity contribution < 1.29 is 9.90 Å². The number of nitrogens with zero attached hydrogens (tertiary/aromatic N) is 2. The van der Waals surface area contributed by atoms with Gasteiger partial charge in [-0.05, 0) is 37.3 Å². The van der Waals surface area contributed by atoms with Gasteiger partial charge >= 0.3 is 5.97 Å². The molecule has 24 heavy (non-hydrogen) atoms. The van der Waals surface area contributed by atoms with Gasteiger partial charge in [0.25, 0.3) is 5.56 Å². The van der Waals surface area contributed by atoms with Gasteiger partial charge in [0.1, 0.15) is 0 Å². The topological polar surface area (TPSA) is 108 Å². The Labute approximate surface area is 141 Å². The molecule has 3 N–H and O–H groups in total. The van der Waals surface area contributed by atoms with Gasteiger partial charge in [-0.2, -0.15) is 0 Å². The largest absolute Gasteiger partial charge is 0.477 e. The van der Waals surface area contributed by atoms with E-state index in [1.54, 1.807) is 31.2 Å². The van der Waals surface area contributed by atoms with Crippen LogP contribution in [0.25, 0.3) is 10.9 Å². The molecule has 3 aromatic rings. The number of anilines is 1. The molecule has 0 amide bonds. The number of nitrogens with one attached hydrogen (secondary N) is 2. The number of aromatic amines is 1. The lowest BCUT2D eigenvalue weighted by atomic mass is 10.1. The predicted octanol–water partition coefficient (Wildman–Crippen LogP) is 2.84. The molecular formula is C16H13ClN4O3. The fraction of sp³-hybridized carbons (Fsp3) is 0.125. The van der Waals surface area contributed by atoms with Crippen LogP contribution in [0.4, 0.5) is 5.95 Å². The molecule has 0 spiro atoms. The Morgan fingerprint density at radius 1 is 1.33 bits per heavy atom. The molecule has 8 heteroatoms. The molecule has 122 valence electrons. The van der Waals surface area contributed by atoms with E-state index in [4.69, 9.17) is 16.7 Å². The minimum atomic E-state index is -1.15. The van der Waals surface area contributed by atoms with Crippen molar-refractivity contribution in [2.45, 2.75) is 13.0 Å². The normalized spacial score (nSPS) is 12.1. The SMILES string of the molecule is CC(Nc1nccc(C(=O)O)n1)c1cc2cc(Cl)ccc2[nH]c1=O. The Bertz CT molecular complexity index is 986. The molecule has 0 aliphatic rings. The van der Waals surface area contributed by atoms with Gasteiger partial charge in [0, 0.05) is 27.7 Å². The highest BCUT2D eigenvalue weighted by Gasteiger charge is 2.14. The van der Waals surface area contributed by atoms with Crippen LogP contribution in [0.2, 0.25) is 5.02 Å². The van der Waals surface area contributed by atoms with E-state index < -0.39 is 12.0 Å². The Hall–Kier alpha value is -2.93. The Kier molecular flexibility index (Phi) is 4.18. The average molecular weight is 345 g/mol. The van der Waals surface area contributed by atoms with Crippen molar-refractivity contribution in [3.8, 4) is 0 Å². The van der Waals surface area contributed by atoms with Gasteiger partial charge in [-0.15, -0.1) is 0 Å². The number of pyridine rings is 1. The van der Waals surface area contributed by atoms with Gasteiger partial charge in [0.2, 0.25) is 5.95 Å². The quantitative estimate of drug-likeness (QED) is 0.671. The third kappa shape index (κ3) is 3.21. The molecule has 0 aliphatic heterocycles.